The van der Waals surface area contributed by atoms with E-state index in [1.165, 1.54) is 6.42 Å². The van der Waals surface area contributed by atoms with Crippen LogP contribution < -0.4 is 11.1 Å². The lowest BCUT2D eigenvalue weighted by atomic mass is 9.80. The van der Waals surface area contributed by atoms with Crippen LogP contribution in [0.3, 0.4) is 0 Å². The molecule has 1 heterocycles. The summed E-state index contributed by atoms with van der Waals surface area (Å²) in [6.45, 7) is 1.79. The van der Waals surface area contributed by atoms with Gasteiger partial charge >= 0.3 is 0 Å². The Balaban J connectivity index is 1.88. The fourth-order valence-corrected chi connectivity index (χ4v) is 2.36. The fraction of sp³-hybridized carbons (Fsp3) is 0.667. The van der Waals surface area contributed by atoms with Gasteiger partial charge in [0.15, 0.2) is 5.82 Å². The minimum atomic E-state index is -0.332. The van der Waals surface area contributed by atoms with Crippen molar-refractivity contribution in [3.05, 3.63) is 11.8 Å². The van der Waals surface area contributed by atoms with Gasteiger partial charge in [0.2, 0.25) is 5.91 Å². The predicted octanol–water partition coefficient (Wildman–Crippen LogP) is 1.97. The minimum absolute atomic E-state index is 0.0808. The number of hydrogen-bond donors (Lipinski definition) is 2. The van der Waals surface area contributed by atoms with Crippen LogP contribution in [0, 0.1) is 6.92 Å². The zero-order valence-electron chi connectivity index (χ0n) is 10.2. The van der Waals surface area contributed by atoms with Gasteiger partial charge in [0.25, 0.3) is 0 Å². The van der Waals surface area contributed by atoms with Crippen LogP contribution in [0.25, 0.3) is 0 Å². The van der Waals surface area contributed by atoms with Crippen LogP contribution in [0.2, 0.25) is 0 Å². The van der Waals surface area contributed by atoms with E-state index in [-0.39, 0.29) is 11.4 Å². The molecule has 1 aliphatic rings. The van der Waals surface area contributed by atoms with Crippen LogP contribution in [0.5, 0.6) is 0 Å². The van der Waals surface area contributed by atoms with E-state index in [2.05, 4.69) is 10.5 Å². The third kappa shape index (κ3) is 3.30. The maximum Gasteiger partial charge on any atom is 0.227 e. The van der Waals surface area contributed by atoms with E-state index >= 15 is 0 Å². The fourth-order valence-electron chi connectivity index (χ4n) is 2.36. The molecule has 1 saturated carbocycles. The second kappa shape index (κ2) is 4.87. The predicted molar refractivity (Wildman–Crippen MR) is 64.5 cm³/mol. The molecule has 0 bridgehead atoms. The molecular formula is C12H19N3O2. The Bertz CT molecular complexity index is 394. The number of nitrogens with one attached hydrogen (secondary N) is 1. The van der Waals surface area contributed by atoms with E-state index in [1.54, 1.807) is 13.0 Å². The van der Waals surface area contributed by atoms with Crippen molar-refractivity contribution in [2.45, 2.75) is 51.0 Å². The maximum absolute atomic E-state index is 11.8. The summed E-state index contributed by atoms with van der Waals surface area (Å²) in [6, 6.07) is 1.70. The molecular weight excluding hydrogens is 218 g/mol. The molecule has 5 nitrogen and oxygen atoms in total. The number of anilines is 1. The smallest absolute Gasteiger partial charge is 0.227 e. The number of rotatable bonds is 3. The quantitative estimate of drug-likeness (QED) is 0.842. The highest BCUT2D eigenvalue weighted by molar-refractivity contribution is 5.90. The number of nitrogens with two attached hydrogens (primary N) is 1. The number of nitrogens with zero attached hydrogens (tertiary/aromatic N) is 1. The van der Waals surface area contributed by atoms with Crippen LogP contribution in [0.4, 0.5) is 5.82 Å². The minimum Gasteiger partial charge on any atom is -0.360 e. The molecule has 1 amide bonds. The first kappa shape index (κ1) is 12.1. The Kier molecular flexibility index (Phi) is 3.47. The molecule has 0 unspecified atom stereocenters. The summed E-state index contributed by atoms with van der Waals surface area (Å²) < 4.78 is 4.88. The molecule has 3 N–H and O–H groups in total. The van der Waals surface area contributed by atoms with E-state index in [0.717, 1.165) is 25.7 Å². The molecule has 2 rings (SSSR count). The van der Waals surface area contributed by atoms with Gasteiger partial charge in [0.05, 0.1) is 0 Å². The van der Waals surface area contributed by atoms with Crippen LogP contribution in [-0.4, -0.2) is 16.6 Å². The highest BCUT2D eigenvalue weighted by atomic mass is 16.5. The van der Waals surface area contributed by atoms with Gasteiger partial charge in [0.1, 0.15) is 5.76 Å². The SMILES string of the molecule is Cc1cc(NC(=O)CC2(N)CCCCC2)no1. The summed E-state index contributed by atoms with van der Waals surface area (Å²) in [5.41, 5.74) is 5.88. The first-order valence-corrected chi connectivity index (χ1v) is 6.09. The molecule has 1 aromatic rings. The van der Waals surface area contributed by atoms with E-state index < -0.39 is 0 Å². The number of aromatic nitrogens is 1. The highest BCUT2D eigenvalue weighted by Crippen LogP contribution is 2.28. The molecule has 1 fully saturated rings. The van der Waals surface area contributed by atoms with Crippen LogP contribution in [0.1, 0.15) is 44.3 Å². The molecule has 5 heteroatoms. The third-order valence-electron chi connectivity index (χ3n) is 3.26. The molecule has 0 aromatic carbocycles. The van der Waals surface area contributed by atoms with Crippen molar-refractivity contribution in [1.29, 1.82) is 0 Å². The third-order valence-corrected chi connectivity index (χ3v) is 3.26. The molecule has 17 heavy (non-hydrogen) atoms. The van der Waals surface area contributed by atoms with Crippen LogP contribution >= 0.6 is 0 Å². The van der Waals surface area contributed by atoms with Crippen molar-refractivity contribution >= 4 is 11.7 Å². The zero-order valence-corrected chi connectivity index (χ0v) is 10.2. The lowest BCUT2D eigenvalue weighted by Crippen LogP contribution is -2.44. The molecule has 0 spiro atoms. The Hall–Kier alpha value is -1.36. The number of carbonyl (C=O) groups excluding carboxylic acids is 1. The van der Waals surface area contributed by atoms with Crippen molar-refractivity contribution in [3.8, 4) is 0 Å². The molecule has 0 atom stereocenters. The van der Waals surface area contributed by atoms with Crippen molar-refractivity contribution < 1.29 is 9.32 Å². The van der Waals surface area contributed by atoms with Gasteiger partial charge in [-0.2, -0.15) is 0 Å². The van der Waals surface area contributed by atoms with Gasteiger partial charge in [-0.1, -0.05) is 24.4 Å². The molecule has 0 radical (unpaired) electrons. The average molecular weight is 237 g/mol. The second-order valence-corrected chi connectivity index (χ2v) is 4.97. The lowest BCUT2D eigenvalue weighted by molar-refractivity contribution is -0.117. The first-order valence-electron chi connectivity index (χ1n) is 6.09. The number of aryl methyl sites for hydroxylation is 1. The number of amides is 1. The summed E-state index contributed by atoms with van der Waals surface area (Å²) in [5.74, 6) is 1.06. The van der Waals surface area contributed by atoms with E-state index in [1.807, 2.05) is 0 Å². The van der Waals surface area contributed by atoms with Crippen LogP contribution in [-0.2, 0) is 4.79 Å². The topological polar surface area (TPSA) is 81.2 Å². The summed E-state index contributed by atoms with van der Waals surface area (Å²) in [4.78, 5) is 11.8. The Morgan fingerprint density at radius 2 is 2.24 bits per heavy atom. The van der Waals surface area contributed by atoms with Gasteiger partial charge in [-0.25, -0.2) is 0 Å². The van der Waals surface area contributed by atoms with Crippen molar-refractivity contribution in [3.63, 3.8) is 0 Å². The van der Waals surface area contributed by atoms with E-state index in [9.17, 15) is 4.79 Å². The number of carbonyl (C=O) groups is 1. The van der Waals surface area contributed by atoms with Gasteiger partial charge in [-0.05, 0) is 19.8 Å². The van der Waals surface area contributed by atoms with E-state index in [4.69, 9.17) is 10.3 Å². The molecule has 94 valence electrons. The average Bonchev–Trinajstić information content (AvgIpc) is 2.63. The molecule has 1 aliphatic carbocycles. The molecule has 1 aromatic heterocycles. The molecule has 0 aliphatic heterocycles. The van der Waals surface area contributed by atoms with Gasteiger partial charge in [0, 0.05) is 18.0 Å². The lowest BCUT2D eigenvalue weighted by Gasteiger charge is -2.32. The second-order valence-electron chi connectivity index (χ2n) is 4.97. The number of hydrogen-bond acceptors (Lipinski definition) is 4. The normalized spacial score (nSPS) is 18.9. The standard InChI is InChI=1S/C12H19N3O2/c1-9-7-10(15-17-9)14-11(16)8-12(13)5-3-2-4-6-12/h7H,2-6,8,13H2,1H3,(H,14,15,16). The van der Waals surface area contributed by atoms with E-state index in [0.29, 0.717) is 18.0 Å². The highest BCUT2D eigenvalue weighted by Gasteiger charge is 2.30. The van der Waals surface area contributed by atoms with Crippen LogP contribution in [0.15, 0.2) is 10.6 Å². The molecule has 0 saturated heterocycles. The summed E-state index contributed by atoms with van der Waals surface area (Å²) in [7, 11) is 0. The summed E-state index contributed by atoms with van der Waals surface area (Å²) in [6.07, 6.45) is 5.68. The first-order chi connectivity index (χ1) is 8.07. The van der Waals surface area contributed by atoms with Crippen molar-refractivity contribution in [2.24, 2.45) is 5.73 Å². The van der Waals surface area contributed by atoms with Gasteiger partial charge < -0.3 is 15.6 Å². The Morgan fingerprint density at radius 3 is 2.82 bits per heavy atom. The van der Waals surface area contributed by atoms with Gasteiger partial charge in [-0.15, -0.1) is 0 Å². The Morgan fingerprint density at radius 1 is 1.53 bits per heavy atom. The summed E-state index contributed by atoms with van der Waals surface area (Å²) >= 11 is 0. The Labute approximate surface area is 101 Å². The summed E-state index contributed by atoms with van der Waals surface area (Å²) in [5, 5.41) is 6.44. The zero-order chi connectivity index (χ0) is 12.3. The van der Waals surface area contributed by atoms with Crippen molar-refractivity contribution in [1.82, 2.24) is 5.16 Å². The van der Waals surface area contributed by atoms with Crippen molar-refractivity contribution in [2.75, 3.05) is 5.32 Å². The largest absolute Gasteiger partial charge is 0.360 e. The maximum atomic E-state index is 11.8. The van der Waals surface area contributed by atoms with Gasteiger partial charge in [-0.3, -0.25) is 4.79 Å². The monoisotopic (exact) mass is 237 g/mol.